The molecule has 19 heavy (non-hydrogen) atoms. The Kier molecular flexibility index (Phi) is 5.90. The van der Waals surface area contributed by atoms with Crippen molar-refractivity contribution in [2.75, 3.05) is 6.54 Å². The van der Waals surface area contributed by atoms with Gasteiger partial charge in [-0.3, -0.25) is 0 Å². The molecular formula is C13H21FN2O2S. The number of sulfonamides is 1. The second-order valence-corrected chi connectivity index (χ2v) is 6.31. The highest BCUT2D eigenvalue weighted by atomic mass is 32.2. The molecule has 0 spiro atoms. The number of hydrogen-bond acceptors (Lipinski definition) is 3. The fourth-order valence-electron chi connectivity index (χ4n) is 1.96. The van der Waals surface area contributed by atoms with Crippen LogP contribution in [0.4, 0.5) is 4.39 Å². The summed E-state index contributed by atoms with van der Waals surface area (Å²) < 4.78 is 39.1. The van der Waals surface area contributed by atoms with E-state index in [0.29, 0.717) is 0 Å². The average molecular weight is 288 g/mol. The lowest BCUT2D eigenvalue weighted by Crippen LogP contribution is -2.41. The Hall–Kier alpha value is -0.980. The van der Waals surface area contributed by atoms with Crippen LogP contribution in [0.2, 0.25) is 0 Å². The lowest BCUT2D eigenvalue weighted by Gasteiger charge is -2.21. The molecule has 0 saturated heterocycles. The summed E-state index contributed by atoms with van der Waals surface area (Å²) >= 11 is 0. The van der Waals surface area contributed by atoms with Crippen LogP contribution >= 0.6 is 0 Å². The van der Waals surface area contributed by atoms with Gasteiger partial charge in [-0.25, -0.2) is 17.5 Å². The van der Waals surface area contributed by atoms with Crippen molar-refractivity contribution in [2.24, 2.45) is 11.7 Å². The van der Waals surface area contributed by atoms with Crippen LogP contribution in [-0.4, -0.2) is 21.0 Å². The van der Waals surface area contributed by atoms with E-state index in [4.69, 9.17) is 5.73 Å². The van der Waals surface area contributed by atoms with Crippen LogP contribution in [0.5, 0.6) is 0 Å². The maximum Gasteiger partial charge on any atom is 0.240 e. The van der Waals surface area contributed by atoms with Gasteiger partial charge >= 0.3 is 0 Å². The SMILES string of the molecule is CCC(CC)C(N)CNS(=O)(=O)c1ccc(F)cc1. The molecular weight excluding hydrogens is 267 g/mol. The van der Waals surface area contributed by atoms with Crippen LogP contribution in [0.25, 0.3) is 0 Å². The van der Waals surface area contributed by atoms with E-state index in [9.17, 15) is 12.8 Å². The van der Waals surface area contributed by atoms with Crippen LogP contribution in [0, 0.1) is 11.7 Å². The molecule has 0 heterocycles. The van der Waals surface area contributed by atoms with E-state index in [0.717, 1.165) is 25.0 Å². The van der Waals surface area contributed by atoms with E-state index in [1.54, 1.807) is 0 Å². The smallest absolute Gasteiger partial charge is 0.240 e. The van der Waals surface area contributed by atoms with Gasteiger partial charge in [-0.15, -0.1) is 0 Å². The van der Waals surface area contributed by atoms with Crippen LogP contribution in [0.15, 0.2) is 29.2 Å². The van der Waals surface area contributed by atoms with E-state index in [2.05, 4.69) is 4.72 Å². The average Bonchev–Trinajstić information content (AvgIpc) is 2.38. The van der Waals surface area contributed by atoms with Crippen molar-refractivity contribution in [1.29, 1.82) is 0 Å². The number of nitrogens with one attached hydrogen (secondary N) is 1. The molecule has 108 valence electrons. The van der Waals surface area contributed by atoms with Crippen LogP contribution in [-0.2, 0) is 10.0 Å². The predicted molar refractivity (Wildman–Crippen MR) is 73.6 cm³/mol. The molecule has 0 aliphatic carbocycles. The summed E-state index contributed by atoms with van der Waals surface area (Å²) in [5.41, 5.74) is 5.96. The van der Waals surface area contributed by atoms with Crippen LogP contribution < -0.4 is 10.5 Å². The molecule has 0 saturated carbocycles. The van der Waals surface area contributed by atoms with Crippen molar-refractivity contribution < 1.29 is 12.8 Å². The van der Waals surface area contributed by atoms with Gasteiger partial charge in [0.15, 0.2) is 0 Å². The van der Waals surface area contributed by atoms with Gasteiger partial charge in [-0.05, 0) is 30.2 Å². The van der Waals surface area contributed by atoms with Crippen LogP contribution in [0.1, 0.15) is 26.7 Å². The van der Waals surface area contributed by atoms with E-state index < -0.39 is 15.8 Å². The summed E-state index contributed by atoms with van der Waals surface area (Å²) in [5.74, 6) is -0.177. The van der Waals surface area contributed by atoms with Crippen molar-refractivity contribution in [3.8, 4) is 0 Å². The summed E-state index contributed by atoms with van der Waals surface area (Å²) in [6.07, 6.45) is 1.83. The third-order valence-electron chi connectivity index (χ3n) is 3.29. The van der Waals surface area contributed by atoms with E-state index in [1.165, 1.54) is 12.1 Å². The van der Waals surface area contributed by atoms with Crippen LogP contribution in [0.3, 0.4) is 0 Å². The fourth-order valence-corrected chi connectivity index (χ4v) is 3.04. The zero-order valence-electron chi connectivity index (χ0n) is 11.3. The zero-order valence-corrected chi connectivity index (χ0v) is 12.1. The second-order valence-electron chi connectivity index (χ2n) is 4.55. The maximum atomic E-state index is 12.8. The van der Waals surface area contributed by atoms with Gasteiger partial charge in [0.25, 0.3) is 0 Å². The number of nitrogens with two attached hydrogens (primary N) is 1. The lowest BCUT2D eigenvalue weighted by atomic mass is 9.95. The van der Waals surface area contributed by atoms with Gasteiger partial charge in [-0.2, -0.15) is 0 Å². The molecule has 0 aromatic heterocycles. The Labute approximate surface area is 114 Å². The largest absolute Gasteiger partial charge is 0.326 e. The Balaban J connectivity index is 2.68. The summed E-state index contributed by atoms with van der Waals surface area (Å²) in [6.45, 7) is 4.25. The Morgan fingerprint density at radius 2 is 1.74 bits per heavy atom. The molecule has 0 aliphatic rings. The molecule has 1 aromatic carbocycles. The third kappa shape index (κ3) is 4.56. The highest BCUT2D eigenvalue weighted by molar-refractivity contribution is 7.89. The highest BCUT2D eigenvalue weighted by Gasteiger charge is 2.19. The third-order valence-corrected chi connectivity index (χ3v) is 4.73. The van der Waals surface area contributed by atoms with E-state index >= 15 is 0 Å². The first-order valence-corrected chi connectivity index (χ1v) is 7.89. The van der Waals surface area contributed by atoms with Crippen molar-refractivity contribution >= 4 is 10.0 Å². The van der Waals surface area contributed by atoms with Gasteiger partial charge in [0.05, 0.1) is 4.90 Å². The van der Waals surface area contributed by atoms with Gasteiger partial charge in [0.2, 0.25) is 10.0 Å². The topological polar surface area (TPSA) is 72.2 Å². The maximum absolute atomic E-state index is 12.8. The minimum absolute atomic E-state index is 0.0469. The minimum Gasteiger partial charge on any atom is -0.326 e. The first-order chi connectivity index (χ1) is 8.90. The molecule has 3 N–H and O–H groups in total. The fraction of sp³-hybridized carbons (Fsp3) is 0.538. The number of rotatable bonds is 7. The molecule has 0 amide bonds. The quantitative estimate of drug-likeness (QED) is 0.804. The first kappa shape index (κ1) is 16.1. The van der Waals surface area contributed by atoms with Crippen molar-refractivity contribution in [1.82, 2.24) is 4.72 Å². The number of hydrogen-bond donors (Lipinski definition) is 2. The van der Waals surface area contributed by atoms with Gasteiger partial charge in [0, 0.05) is 12.6 Å². The molecule has 0 fully saturated rings. The van der Waals surface area contributed by atoms with E-state index in [-0.39, 0.29) is 23.4 Å². The summed E-state index contributed by atoms with van der Waals surface area (Å²) in [5, 5.41) is 0. The predicted octanol–water partition coefficient (Wildman–Crippen LogP) is 1.87. The Morgan fingerprint density at radius 1 is 1.21 bits per heavy atom. The Morgan fingerprint density at radius 3 is 2.21 bits per heavy atom. The molecule has 1 unspecified atom stereocenters. The summed E-state index contributed by atoms with van der Waals surface area (Å²) in [7, 11) is -3.62. The molecule has 0 radical (unpaired) electrons. The minimum atomic E-state index is -3.62. The van der Waals surface area contributed by atoms with Crippen molar-refractivity contribution in [3.05, 3.63) is 30.1 Å². The Bertz CT molecular complexity index is 484. The molecule has 6 heteroatoms. The monoisotopic (exact) mass is 288 g/mol. The standard InChI is InChI=1S/C13H21FN2O2S/c1-3-10(4-2)13(15)9-16-19(17,18)12-7-5-11(14)6-8-12/h5-8,10,13,16H,3-4,9,15H2,1-2H3. The summed E-state index contributed by atoms with van der Waals surface area (Å²) in [6, 6.07) is 4.50. The molecule has 0 aliphatic heterocycles. The normalized spacial score (nSPS) is 13.7. The molecule has 4 nitrogen and oxygen atoms in total. The molecule has 0 bridgehead atoms. The number of benzene rings is 1. The second kappa shape index (κ2) is 6.98. The lowest BCUT2D eigenvalue weighted by molar-refractivity contribution is 0.392. The van der Waals surface area contributed by atoms with Gasteiger partial charge in [0.1, 0.15) is 5.82 Å². The summed E-state index contributed by atoms with van der Waals surface area (Å²) in [4.78, 5) is 0.0469. The molecule has 1 rings (SSSR count). The molecule has 1 aromatic rings. The van der Waals surface area contributed by atoms with Crippen molar-refractivity contribution in [2.45, 2.75) is 37.6 Å². The first-order valence-electron chi connectivity index (χ1n) is 6.41. The van der Waals surface area contributed by atoms with Gasteiger partial charge < -0.3 is 5.73 Å². The number of halogens is 1. The van der Waals surface area contributed by atoms with E-state index in [1.807, 2.05) is 13.8 Å². The molecule has 1 atom stereocenters. The van der Waals surface area contributed by atoms with Gasteiger partial charge in [-0.1, -0.05) is 26.7 Å². The zero-order chi connectivity index (χ0) is 14.5. The highest BCUT2D eigenvalue weighted by Crippen LogP contribution is 2.13. The van der Waals surface area contributed by atoms with Crippen molar-refractivity contribution in [3.63, 3.8) is 0 Å².